The van der Waals surface area contributed by atoms with E-state index in [9.17, 15) is 0 Å². The minimum Gasteiger partial charge on any atom is -0.367 e. The van der Waals surface area contributed by atoms with Gasteiger partial charge < -0.3 is 10.6 Å². The molecule has 1 saturated carbocycles. The second-order valence-electron chi connectivity index (χ2n) is 5.58. The number of nitrogens with zero attached hydrogens (tertiary/aromatic N) is 2. The standard InChI is InChI=1S/C14H24N4/c1-9-5-6-12(7-10(9)2)17-13-11(3)8-16-14(15-4)18-13/h8-10,12H,5-7H2,1-4H3,(H2,15,16,17,18). The lowest BCUT2D eigenvalue weighted by molar-refractivity contribution is 0.260. The molecule has 4 heteroatoms. The van der Waals surface area contributed by atoms with Crippen LogP contribution in [0.2, 0.25) is 0 Å². The fourth-order valence-corrected chi connectivity index (χ4v) is 2.58. The number of hydrogen-bond acceptors (Lipinski definition) is 4. The summed E-state index contributed by atoms with van der Waals surface area (Å²) >= 11 is 0. The molecule has 1 aliphatic rings. The van der Waals surface area contributed by atoms with Crippen molar-refractivity contribution in [3.05, 3.63) is 11.8 Å². The molecule has 4 nitrogen and oxygen atoms in total. The van der Waals surface area contributed by atoms with Crippen molar-refractivity contribution in [2.45, 2.75) is 46.1 Å². The Labute approximate surface area is 110 Å². The molecule has 3 unspecified atom stereocenters. The van der Waals surface area contributed by atoms with Gasteiger partial charge >= 0.3 is 0 Å². The Morgan fingerprint density at radius 2 is 2.00 bits per heavy atom. The van der Waals surface area contributed by atoms with Crippen LogP contribution < -0.4 is 10.6 Å². The first-order valence-corrected chi connectivity index (χ1v) is 6.88. The van der Waals surface area contributed by atoms with Crippen LogP contribution in [0.25, 0.3) is 0 Å². The molecule has 0 radical (unpaired) electrons. The molecular weight excluding hydrogens is 224 g/mol. The number of hydrogen-bond donors (Lipinski definition) is 2. The highest BCUT2D eigenvalue weighted by molar-refractivity contribution is 5.46. The summed E-state index contributed by atoms with van der Waals surface area (Å²) in [7, 11) is 1.85. The van der Waals surface area contributed by atoms with E-state index in [0.717, 1.165) is 23.2 Å². The molecule has 3 atom stereocenters. The van der Waals surface area contributed by atoms with E-state index >= 15 is 0 Å². The first-order valence-electron chi connectivity index (χ1n) is 6.88. The van der Waals surface area contributed by atoms with Crippen LogP contribution in [0, 0.1) is 18.8 Å². The van der Waals surface area contributed by atoms with Gasteiger partial charge in [-0.1, -0.05) is 13.8 Å². The molecule has 2 N–H and O–H groups in total. The van der Waals surface area contributed by atoms with E-state index in [2.05, 4.69) is 41.4 Å². The second kappa shape index (κ2) is 5.55. The fourth-order valence-electron chi connectivity index (χ4n) is 2.58. The van der Waals surface area contributed by atoms with Crippen molar-refractivity contribution in [1.29, 1.82) is 0 Å². The zero-order chi connectivity index (χ0) is 13.1. The third-order valence-electron chi connectivity index (χ3n) is 4.13. The van der Waals surface area contributed by atoms with Crippen molar-refractivity contribution in [2.75, 3.05) is 17.7 Å². The summed E-state index contributed by atoms with van der Waals surface area (Å²) in [6.07, 6.45) is 5.65. The summed E-state index contributed by atoms with van der Waals surface area (Å²) < 4.78 is 0. The van der Waals surface area contributed by atoms with Crippen molar-refractivity contribution in [2.24, 2.45) is 11.8 Å². The van der Waals surface area contributed by atoms with Crippen LogP contribution in [-0.4, -0.2) is 23.1 Å². The smallest absolute Gasteiger partial charge is 0.224 e. The highest BCUT2D eigenvalue weighted by Gasteiger charge is 2.24. The zero-order valence-electron chi connectivity index (χ0n) is 11.8. The number of nitrogens with one attached hydrogen (secondary N) is 2. The Hall–Kier alpha value is -1.32. The normalized spacial score (nSPS) is 27.9. The number of aromatic nitrogens is 2. The molecule has 0 saturated heterocycles. The lowest BCUT2D eigenvalue weighted by Gasteiger charge is -2.33. The molecule has 2 rings (SSSR count). The maximum atomic E-state index is 4.50. The van der Waals surface area contributed by atoms with E-state index in [4.69, 9.17) is 0 Å². The summed E-state index contributed by atoms with van der Waals surface area (Å²) in [5.41, 5.74) is 1.11. The van der Waals surface area contributed by atoms with Crippen molar-refractivity contribution in [3.63, 3.8) is 0 Å². The minimum atomic E-state index is 0.550. The topological polar surface area (TPSA) is 49.8 Å². The summed E-state index contributed by atoms with van der Waals surface area (Å²) in [4.78, 5) is 8.71. The van der Waals surface area contributed by atoms with Crippen LogP contribution in [0.4, 0.5) is 11.8 Å². The zero-order valence-corrected chi connectivity index (χ0v) is 11.8. The lowest BCUT2D eigenvalue weighted by atomic mass is 9.79. The average molecular weight is 248 g/mol. The maximum absolute atomic E-state index is 4.50. The maximum Gasteiger partial charge on any atom is 0.224 e. The van der Waals surface area contributed by atoms with E-state index in [1.165, 1.54) is 19.3 Å². The molecule has 18 heavy (non-hydrogen) atoms. The predicted molar refractivity (Wildman–Crippen MR) is 75.9 cm³/mol. The summed E-state index contributed by atoms with van der Waals surface area (Å²) in [5, 5.41) is 6.57. The fraction of sp³-hybridized carbons (Fsp3) is 0.714. The van der Waals surface area contributed by atoms with Gasteiger partial charge in [0.15, 0.2) is 0 Å². The molecule has 1 aromatic heterocycles. The third-order valence-corrected chi connectivity index (χ3v) is 4.13. The molecule has 1 fully saturated rings. The summed E-state index contributed by atoms with van der Waals surface area (Å²) in [5.74, 6) is 3.30. The Kier molecular flexibility index (Phi) is 4.04. The van der Waals surface area contributed by atoms with Gasteiger partial charge in [0.1, 0.15) is 5.82 Å². The second-order valence-corrected chi connectivity index (χ2v) is 5.58. The Morgan fingerprint density at radius 1 is 1.22 bits per heavy atom. The highest BCUT2D eigenvalue weighted by atomic mass is 15.1. The quantitative estimate of drug-likeness (QED) is 0.863. The van der Waals surface area contributed by atoms with Crippen molar-refractivity contribution in [3.8, 4) is 0 Å². The van der Waals surface area contributed by atoms with Crippen LogP contribution >= 0.6 is 0 Å². The highest BCUT2D eigenvalue weighted by Crippen LogP contribution is 2.31. The van der Waals surface area contributed by atoms with Gasteiger partial charge in [0.05, 0.1) is 0 Å². The average Bonchev–Trinajstić information content (AvgIpc) is 2.36. The SMILES string of the molecule is CNc1ncc(C)c(NC2CCC(C)C(C)C2)n1. The largest absolute Gasteiger partial charge is 0.367 e. The van der Waals surface area contributed by atoms with E-state index in [1.807, 2.05) is 13.2 Å². The van der Waals surface area contributed by atoms with Crippen molar-refractivity contribution < 1.29 is 0 Å². The molecule has 0 spiro atoms. The van der Waals surface area contributed by atoms with Crippen LogP contribution in [-0.2, 0) is 0 Å². The number of anilines is 2. The monoisotopic (exact) mass is 248 g/mol. The van der Waals surface area contributed by atoms with Crippen molar-refractivity contribution in [1.82, 2.24) is 9.97 Å². The molecule has 1 aromatic rings. The van der Waals surface area contributed by atoms with E-state index in [0.29, 0.717) is 12.0 Å². The van der Waals surface area contributed by atoms with Gasteiger partial charge in [0, 0.05) is 24.8 Å². The number of aryl methyl sites for hydroxylation is 1. The minimum absolute atomic E-state index is 0.550. The van der Waals surface area contributed by atoms with Crippen molar-refractivity contribution >= 4 is 11.8 Å². The molecule has 1 aliphatic carbocycles. The van der Waals surface area contributed by atoms with E-state index < -0.39 is 0 Å². The number of rotatable bonds is 3. The Morgan fingerprint density at radius 3 is 2.67 bits per heavy atom. The van der Waals surface area contributed by atoms with Gasteiger partial charge in [-0.2, -0.15) is 4.98 Å². The van der Waals surface area contributed by atoms with Crippen LogP contribution in [0.1, 0.15) is 38.7 Å². The molecule has 1 heterocycles. The van der Waals surface area contributed by atoms with E-state index in [1.54, 1.807) is 0 Å². The predicted octanol–water partition coefficient (Wildman–Crippen LogP) is 3.06. The van der Waals surface area contributed by atoms with Gasteiger partial charge in [-0.25, -0.2) is 4.98 Å². The Bertz CT molecular complexity index is 405. The van der Waals surface area contributed by atoms with Gasteiger partial charge in [-0.3, -0.25) is 0 Å². The van der Waals surface area contributed by atoms with Crippen LogP contribution in [0.3, 0.4) is 0 Å². The molecule has 0 amide bonds. The van der Waals surface area contributed by atoms with E-state index in [-0.39, 0.29) is 0 Å². The molecule has 0 bridgehead atoms. The van der Waals surface area contributed by atoms with Gasteiger partial charge in [-0.15, -0.1) is 0 Å². The summed E-state index contributed by atoms with van der Waals surface area (Å²) in [6, 6.07) is 0.550. The van der Waals surface area contributed by atoms with Gasteiger partial charge in [-0.05, 0) is 38.0 Å². The van der Waals surface area contributed by atoms with Gasteiger partial charge in [0.25, 0.3) is 0 Å². The van der Waals surface area contributed by atoms with Gasteiger partial charge in [0.2, 0.25) is 5.95 Å². The lowest BCUT2D eigenvalue weighted by Crippen LogP contribution is -2.31. The molecular formula is C14H24N4. The molecule has 100 valence electrons. The molecule has 0 aromatic carbocycles. The first kappa shape index (κ1) is 13.1. The van der Waals surface area contributed by atoms with Crippen LogP contribution in [0.15, 0.2) is 6.20 Å². The van der Waals surface area contributed by atoms with Crippen LogP contribution in [0.5, 0.6) is 0 Å². The Balaban J connectivity index is 2.05. The first-order chi connectivity index (χ1) is 8.60. The summed E-state index contributed by atoms with van der Waals surface area (Å²) in [6.45, 7) is 6.76. The third kappa shape index (κ3) is 2.92. The molecule has 0 aliphatic heterocycles.